The van der Waals surface area contributed by atoms with Crippen LogP contribution in [-0.2, 0) is 19.4 Å². The second kappa shape index (κ2) is 7.67. The minimum atomic E-state index is 0.649. The third kappa shape index (κ3) is 4.00. The van der Waals surface area contributed by atoms with Crippen LogP contribution in [0.25, 0.3) is 0 Å². The van der Waals surface area contributed by atoms with Crippen LogP contribution in [0.4, 0.5) is 0 Å². The molecule has 126 valence electrons. The van der Waals surface area contributed by atoms with Gasteiger partial charge >= 0.3 is 0 Å². The van der Waals surface area contributed by atoms with Crippen molar-refractivity contribution in [1.29, 1.82) is 0 Å². The van der Waals surface area contributed by atoms with Crippen LogP contribution in [0, 0.1) is 0 Å². The zero-order chi connectivity index (χ0) is 16.9. The third-order valence-corrected chi connectivity index (χ3v) is 5.32. The van der Waals surface area contributed by atoms with E-state index in [4.69, 9.17) is 0 Å². The molecule has 1 fully saturated rings. The Morgan fingerprint density at radius 3 is 1.40 bits per heavy atom. The van der Waals surface area contributed by atoms with Crippen LogP contribution < -0.4 is 0 Å². The van der Waals surface area contributed by atoms with Gasteiger partial charge in [-0.15, -0.1) is 0 Å². The fourth-order valence-electron chi connectivity index (χ4n) is 3.97. The molecule has 3 aromatic carbocycles. The van der Waals surface area contributed by atoms with Gasteiger partial charge in [-0.1, -0.05) is 91.0 Å². The molecule has 0 N–H and O–H groups in total. The van der Waals surface area contributed by atoms with Gasteiger partial charge in [-0.05, 0) is 36.0 Å². The van der Waals surface area contributed by atoms with E-state index in [0.717, 1.165) is 19.4 Å². The van der Waals surface area contributed by atoms with Crippen molar-refractivity contribution in [2.75, 3.05) is 0 Å². The van der Waals surface area contributed by atoms with Crippen LogP contribution in [0.15, 0.2) is 91.0 Å². The van der Waals surface area contributed by atoms with Crippen molar-refractivity contribution in [1.82, 2.24) is 4.90 Å². The van der Waals surface area contributed by atoms with Crippen LogP contribution in [0.1, 0.15) is 23.1 Å². The van der Waals surface area contributed by atoms with Crippen molar-refractivity contribution in [2.45, 2.75) is 37.9 Å². The molecule has 1 heteroatoms. The van der Waals surface area contributed by atoms with E-state index in [1.54, 1.807) is 0 Å². The minimum Gasteiger partial charge on any atom is -0.292 e. The van der Waals surface area contributed by atoms with Crippen LogP contribution in [0.2, 0.25) is 0 Å². The summed E-state index contributed by atoms with van der Waals surface area (Å²) in [6, 6.07) is 34.0. The van der Waals surface area contributed by atoms with E-state index in [1.807, 2.05) is 0 Å². The number of nitrogens with zero attached hydrogens (tertiary/aromatic N) is 1. The molecule has 0 spiro atoms. The van der Waals surface area contributed by atoms with E-state index in [1.165, 1.54) is 23.1 Å². The molecule has 2 atom stereocenters. The minimum absolute atomic E-state index is 0.649. The molecule has 0 saturated carbocycles. The average molecular weight is 327 g/mol. The van der Waals surface area contributed by atoms with Crippen LogP contribution in [-0.4, -0.2) is 17.0 Å². The monoisotopic (exact) mass is 327 g/mol. The lowest BCUT2D eigenvalue weighted by Crippen LogP contribution is -2.57. The number of hydrogen-bond donors (Lipinski definition) is 0. The Morgan fingerprint density at radius 2 is 0.960 bits per heavy atom. The molecule has 1 aliphatic heterocycles. The Labute approximate surface area is 150 Å². The molecule has 1 aliphatic rings. The molecule has 1 nitrogen and oxygen atoms in total. The number of rotatable bonds is 6. The maximum Gasteiger partial charge on any atom is 0.0239 e. The van der Waals surface area contributed by atoms with E-state index in [0.29, 0.717) is 12.1 Å². The Kier molecular flexibility index (Phi) is 4.94. The van der Waals surface area contributed by atoms with Crippen molar-refractivity contribution >= 4 is 0 Å². The summed E-state index contributed by atoms with van der Waals surface area (Å²) >= 11 is 0. The van der Waals surface area contributed by atoms with Gasteiger partial charge in [-0.3, -0.25) is 4.90 Å². The van der Waals surface area contributed by atoms with Crippen LogP contribution >= 0.6 is 0 Å². The van der Waals surface area contributed by atoms with E-state index in [9.17, 15) is 0 Å². The molecule has 4 rings (SSSR count). The zero-order valence-electron chi connectivity index (χ0n) is 14.6. The Hall–Kier alpha value is -2.38. The van der Waals surface area contributed by atoms with Crippen molar-refractivity contribution in [2.24, 2.45) is 0 Å². The first-order valence-corrected chi connectivity index (χ1v) is 9.26. The Morgan fingerprint density at radius 1 is 0.560 bits per heavy atom. The molecule has 0 radical (unpaired) electrons. The summed E-state index contributed by atoms with van der Waals surface area (Å²) in [4.78, 5) is 2.70. The fraction of sp³-hybridized carbons (Fsp3) is 0.250. The van der Waals surface area contributed by atoms with E-state index >= 15 is 0 Å². The lowest BCUT2D eigenvalue weighted by molar-refractivity contribution is 0.00734. The highest BCUT2D eigenvalue weighted by Gasteiger charge is 2.37. The summed E-state index contributed by atoms with van der Waals surface area (Å²) in [5.74, 6) is 0. The predicted octanol–water partition coefficient (Wildman–Crippen LogP) is 5.11. The quantitative estimate of drug-likeness (QED) is 0.608. The summed E-state index contributed by atoms with van der Waals surface area (Å²) in [6.07, 6.45) is 3.59. The molecule has 0 bridgehead atoms. The summed E-state index contributed by atoms with van der Waals surface area (Å²) in [5, 5.41) is 0. The SMILES string of the molecule is c1ccc(C[C@H]2C[C@H](Cc3ccccc3)N2Cc2ccccc2)cc1. The van der Waals surface area contributed by atoms with Gasteiger partial charge in [-0.25, -0.2) is 0 Å². The summed E-state index contributed by atoms with van der Waals surface area (Å²) < 4.78 is 0. The van der Waals surface area contributed by atoms with Gasteiger partial charge in [0.2, 0.25) is 0 Å². The zero-order valence-corrected chi connectivity index (χ0v) is 14.6. The second-order valence-electron chi connectivity index (χ2n) is 7.08. The van der Waals surface area contributed by atoms with Crippen molar-refractivity contribution in [3.05, 3.63) is 108 Å². The molecular weight excluding hydrogens is 302 g/mol. The maximum atomic E-state index is 2.70. The van der Waals surface area contributed by atoms with Crippen LogP contribution in [0.3, 0.4) is 0 Å². The van der Waals surface area contributed by atoms with Gasteiger partial charge in [0, 0.05) is 18.6 Å². The molecule has 3 aromatic rings. The number of benzene rings is 3. The van der Waals surface area contributed by atoms with E-state index < -0.39 is 0 Å². The van der Waals surface area contributed by atoms with Gasteiger partial charge in [0.1, 0.15) is 0 Å². The smallest absolute Gasteiger partial charge is 0.0239 e. The normalized spacial score (nSPS) is 20.2. The molecule has 0 aliphatic carbocycles. The highest BCUT2D eigenvalue weighted by molar-refractivity contribution is 5.22. The van der Waals surface area contributed by atoms with Gasteiger partial charge < -0.3 is 0 Å². The predicted molar refractivity (Wildman–Crippen MR) is 104 cm³/mol. The second-order valence-corrected chi connectivity index (χ2v) is 7.08. The first kappa shape index (κ1) is 16.1. The molecule has 0 amide bonds. The van der Waals surface area contributed by atoms with Gasteiger partial charge in [-0.2, -0.15) is 0 Å². The summed E-state index contributed by atoms with van der Waals surface area (Å²) in [7, 11) is 0. The van der Waals surface area contributed by atoms with Gasteiger partial charge in [0.25, 0.3) is 0 Å². The molecule has 1 heterocycles. The standard InChI is InChI=1S/C24H25N/c1-4-10-20(11-5-1)16-23-18-24(17-21-12-6-2-7-13-21)25(23)19-22-14-8-3-9-15-22/h1-15,23-24H,16-19H2/t23-,24-/m0/s1. The highest BCUT2D eigenvalue weighted by Crippen LogP contribution is 2.32. The fourth-order valence-corrected chi connectivity index (χ4v) is 3.97. The first-order chi connectivity index (χ1) is 12.4. The van der Waals surface area contributed by atoms with Gasteiger partial charge in [0.05, 0.1) is 0 Å². The van der Waals surface area contributed by atoms with Crippen LogP contribution in [0.5, 0.6) is 0 Å². The van der Waals surface area contributed by atoms with Gasteiger partial charge in [0.15, 0.2) is 0 Å². The lowest BCUT2D eigenvalue weighted by atomic mass is 9.84. The molecule has 25 heavy (non-hydrogen) atoms. The largest absolute Gasteiger partial charge is 0.292 e. The topological polar surface area (TPSA) is 3.24 Å². The van der Waals surface area contributed by atoms with Crippen molar-refractivity contribution in [3.63, 3.8) is 0 Å². The molecular formula is C24H25N. The third-order valence-electron chi connectivity index (χ3n) is 5.32. The van der Waals surface area contributed by atoms with E-state index in [2.05, 4.69) is 95.9 Å². The first-order valence-electron chi connectivity index (χ1n) is 9.26. The molecule has 1 saturated heterocycles. The highest BCUT2D eigenvalue weighted by atomic mass is 15.2. The summed E-state index contributed by atoms with van der Waals surface area (Å²) in [6.45, 7) is 1.05. The van der Waals surface area contributed by atoms with E-state index in [-0.39, 0.29) is 0 Å². The van der Waals surface area contributed by atoms with Crippen molar-refractivity contribution < 1.29 is 0 Å². The maximum absolute atomic E-state index is 2.70. The average Bonchev–Trinajstić information content (AvgIpc) is 2.68. The molecule has 0 unspecified atom stereocenters. The molecule has 0 aromatic heterocycles. The van der Waals surface area contributed by atoms with Crippen molar-refractivity contribution in [3.8, 4) is 0 Å². The Bertz CT molecular complexity index is 719. The lowest BCUT2D eigenvalue weighted by Gasteiger charge is -2.49. The Balaban J connectivity index is 1.47. The summed E-state index contributed by atoms with van der Waals surface area (Å²) in [5.41, 5.74) is 4.31. The number of hydrogen-bond acceptors (Lipinski definition) is 1. The number of likely N-dealkylation sites (tertiary alicyclic amines) is 1.